The molecule has 1 fully saturated rings. The molecule has 3 nitrogen and oxygen atoms in total. The van der Waals surface area contributed by atoms with Crippen molar-refractivity contribution in [1.82, 2.24) is 10.2 Å². The molecule has 18 heavy (non-hydrogen) atoms. The first-order chi connectivity index (χ1) is 8.75. The van der Waals surface area contributed by atoms with Crippen molar-refractivity contribution >= 4 is 11.6 Å². The third kappa shape index (κ3) is 4.30. The highest BCUT2D eigenvalue weighted by Gasteiger charge is 2.16. The molecule has 0 amide bonds. The summed E-state index contributed by atoms with van der Waals surface area (Å²) in [6.45, 7) is 6.61. The van der Waals surface area contributed by atoms with Gasteiger partial charge in [-0.25, -0.2) is 0 Å². The fourth-order valence-corrected chi connectivity index (χ4v) is 2.72. The van der Waals surface area contributed by atoms with Crippen LogP contribution >= 0.6 is 11.6 Å². The molecule has 0 aliphatic carbocycles. The molecular weight excluding hydrogens is 248 g/mol. The molecular formula is C14H23ClN2O. The first-order valence-electron chi connectivity index (χ1n) is 6.94. The van der Waals surface area contributed by atoms with Crippen molar-refractivity contribution in [3.63, 3.8) is 0 Å². The minimum absolute atomic E-state index is 0.467. The Hall–Kier alpha value is -0.510. The summed E-state index contributed by atoms with van der Waals surface area (Å²) in [6.07, 6.45) is 5.31. The van der Waals surface area contributed by atoms with Crippen LogP contribution < -0.4 is 5.32 Å². The van der Waals surface area contributed by atoms with Gasteiger partial charge in [0.25, 0.3) is 0 Å². The number of hydrogen-bond acceptors (Lipinski definition) is 3. The maximum absolute atomic E-state index is 5.72. The third-order valence-corrected chi connectivity index (χ3v) is 3.87. The smallest absolute Gasteiger partial charge is 0.193 e. The Morgan fingerprint density at radius 2 is 2.33 bits per heavy atom. The zero-order chi connectivity index (χ0) is 12.8. The number of piperidine rings is 1. The van der Waals surface area contributed by atoms with E-state index in [1.54, 1.807) is 6.07 Å². The SMILES string of the molecule is CC1CCCCN1CCCNCc1ccc(Cl)o1. The summed E-state index contributed by atoms with van der Waals surface area (Å²) in [6, 6.07) is 4.47. The molecule has 0 aromatic carbocycles. The van der Waals surface area contributed by atoms with E-state index in [4.69, 9.17) is 16.0 Å². The number of furan rings is 1. The first kappa shape index (κ1) is 13.9. The monoisotopic (exact) mass is 270 g/mol. The average Bonchev–Trinajstić information content (AvgIpc) is 2.77. The van der Waals surface area contributed by atoms with Gasteiger partial charge in [0.15, 0.2) is 5.22 Å². The number of nitrogens with zero attached hydrogens (tertiary/aromatic N) is 1. The number of rotatable bonds is 6. The molecule has 1 N–H and O–H groups in total. The van der Waals surface area contributed by atoms with E-state index in [2.05, 4.69) is 17.1 Å². The van der Waals surface area contributed by atoms with Crippen molar-refractivity contribution in [2.45, 2.75) is 45.2 Å². The van der Waals surface area contributed by atoms with Gasteiger partial charge in [-0.15, -0.1) is 0 Å². The van der Waals surface area contributed by atoms with Crippen LogP contribution in [-0.2, 0) is 6.54 Å². The molecule has 4 heteroatoms. The Balaban J connectivity index is 1.55. The average molecular weight is 271 g/mol. The lowest BCUT2D eigenvalue weighted by molar-refractivity contribution is 0.159. The second kappa shape index (κ2) is 7.17. The van der Waals surface area contributed by atoms with Gasteiger partial charge in [-0.05, 0) is 69.6 Å². The second-order valence-corrected chi connectivity index (χ2v) is 5.49. The van der Waals surface area contributed by atoms with Gasteiger partial charge in [-0.2, -0.15) is 0 Å². The van der Waals surface area contributed by atoms with Gasteiger partial charge in [0.05, 0.1) is 6.54 Å². The molecule has 1 aliphatic rings. The Labute approximate surface area is 114 Å². The quantitative estimate of drug-likeness (QED) is 0.804. The minimum Gasteiger partial charge on any atom is -0.448 e. The first-order valence-corrected chi connectivity index (χ1v) is 7.32. The van der Waals surface area contributed by atoms with Crippen molar-refractivity contribution in [3.8, 4) is 0 Å². The van der Waals surface area contributed by atoms with Gasteiger partial charge >= 0.3 is 0 Å². The predicted octanol–water partition coefficient (Wildman–Crippen LogP) is 3.29. The summed E-state index contributed by atoms with van der Waals surface area (Å²) < 4.78 is 5.29. The highest BCUT2D eigenvalue weighted by atomic mass is 35.5. The standard InChI is InChI=1S/C14H23ClN2O/c1-12-5-2-3-9-17(12)10-4-8-16-11-13-6-7-14(15)18-13/h6-7,12,16H,2-5,8-11H2,1H3. The van der Waals surface area contributed by atoms with E-state index in [0.717, 1.165) is 24.9 Å². The van der Waals surface area contributed by atoms with Gasteiger partial charge in [0.2, 0.25) is 0 Å². The van der Waals surface area contributed by atoms with E-state index in [9.17, 15) is 0 Å². The molecule has 2 rings (SSSR count). The van der Waals surface area contributed by atoms with Crippen molar-refractivity contribution in [2.24, 2.45) is 0 Å². The highest BCUT2D eigenvalue weighted by Crippen LogP contribution is 2.16. The molecule has 1 atom stereocenters. The topological polar surface area (TPSA) is 28.4 Å². The fourth-order valence-electron chi connectivity index (χ4n) is 2.56. The molecule has 0 spiro atoms. The highest BCUT2D eigenvalue weighted by molar-refractivity contribution is 6.28. The van der Waals surface area contributed by atoms with E-state index in [1.807, 2.05) is 6.07 Å². The molecule has 1 aromatic rings. The summed E-state index contributed by atoms with van der Waals surface area (Å²) in [5.74, 6) is 0.909. The molecule has 2 heterocycles. The van der Waals surface area contributed by atoms with Gasteiger partial charge in [-0.3, -0.25) is 0 Å². The van der Waals surface area contributed by atoms with Gasteiger partial charge in [0.1, 0.15) is 5.76 Å². The Bertz CT molecular complexity index is 353. The van der Waals surface area contributed by atoms with E-state index in [0.29, 0.717) is 5.22 Å². The lowest BCUT2D eigenvalue weighted by Crippen LogP contribution is -2.38. The van der Waals surface area contributed by atoms with Crippen LogP contribution in [0, 0.1) is 0 Å². The fraction of sp³-hybridized carbons (Fsp3) is 0.714. The molecule has 102 valence electrons. The van der Waals surface area contributed by atoms with Crippen LogP contribution in [0.25, 0.3) is 0 Å². The molecule has 0 radical (unpaired) electrons. The van der Waals surface area contributed by atoms with Gasteiger partial charge in [-0.1, -0.05) is 6.42 Å². The van der Waals surface area contributed by atoms with Crippen LogP contribution in [0.2, 0.25) is 5.22 Å². The molecule has 1 aromatic heterocycles. The number of halogens is 1. The van der Waals surface area contributed by atoms with Crippen LogP contribution in [0.1, 0.15) is 38.4 Å². The van der Waals surface area contributed by atoms with Crippen LogP contribution in [0.5, 0.6) is 0 Å². The Kier molecular flexibility index (Phi) is 5.54. The van der Waals surface area contributed by atoms with E-state index in [-0.39, 0.29) is 0 Å². The van der Waals surface area contributed by atoms with E-state index < -0.39 is 0 Å². The Morgan fingerprint density at radius 1 is 1.44 bits per heavy atom. The molecule has 0 bridgehead atoms. The second-order valence-electron chi connectivity index (χ2n) is 5.12. The van der Waals surface area contributed by atoms with E-state index in [1.165, 1.54) is 38.8 Å². The lowest BCUT2D eigenvalue weighted by Gasteiger charge is -2.33. The number of hydrogen-bond donors (Lipinski definition) is 1. The molecule has 0 saturated carbocycles. The minimum atomic E-state index is 0.467. The molecule has 1 aliphatic heterocycles. The van der Waals surface area contributed by atoms with Crippen LogP contribution in [-0.4, -0.2) is 30.6 Å². The predicted molar refractivity (Wildman–Crippen MR) is 74.9 cm³/mol. The van der Waals surface area contributed by atoms with Crippen LogP contribution in [0.4, 0.5) is 0 Å². The zero-order valence-corrected chi connectivity index (χ0v) is 11.9. The number of likely N-dealkylation sites (tertiary alicyclic amines) is 1. The third-order valence-electron chi connectivity index (χ3n) is 3.67. The zero-order valence-electron chi connectivity index (χ0n) is 11.1. The van der Waals surface area contributed by atoms with Gasteiger partial charge in [0, 0.05) is 6.04 Å². The van der Waals surface area contributed by atoms with Gasteiger partial charge < -0.3 is 14.6 Å². The summed E-state index contributed by atoms with van der Waals surface area (Å²) in [5.41, 5.74) is 0. The molecule has 1 unspecified atom stereocenters. The van der Waals surface area contributed by atoms with Crippen molar-refractivity contribution in [1.29, 1.82) is 0 Å². The maximum atomic E-state index is 5.72. The molecule has 1 saturated heterocycles. The van der Waals surface area contributed by atoms with Crippen molar-refractivity contribution in [3.05, 3.63) is 23.1 Å². The lowest BCUT2D eigenvalue weighted by atomic mass is 10.0. The summed E-state index contributed by atoms with van der Waals surface area (Å²) in [7, 11) is 0. The summed E-state index contributed by atoms with van der Waals surface area (Å²) >= 11 is 5.72. The summed E-state index contributed by atoms with van der Waals surface area (Å²) in [5, 5.41) is 3.86. The normalized spacial score (nSPS) is 21.3. The number of nitrogens with one attached hydrogen (secondary N) is 1. The largest absolute Gasteiger partial charge is 0.448 e. The maximum Gasteiger partial charge on any atom is 0.193 e. The van der Waals surface area contributed by atoms with Crippen LogP contribution in [0.3, 0.4) is 0 Å². The van der Waals surface area contributed by atoms with Crippen LogP contribution in [0.15, 0.2) is 16.5 Å². The van der Waals surface area contributed by atoms with Crippen molar-refractivity contribution < 1.29 is 4.42 Å². The Morgan fingerprint density at radius 3 is 3.06 bits per heavy atom. The summed E-state index contributed by atoms with van der Waals surface area (Å²) in [4.78, 5) is 2.61. The van der Waals surface area contributed by atoms with Crippen molar-refractivity contribution in [2.75, 3.05) is 19.6 Å². The van der Waals surface area contributed by atoms with E-state index >= 15 is 0 Å².